The van der Waals surface area contributed by atoms with Crippen LogP contribution in [0.5, 0.6) is 0 Å². The second-order valence-electron chi connectivity index (χ2n) is 2.41. The van der Waals surface area contributed by atoms with E-state index in [1.54, 1.807) is 13.8 Å². The Morgan fingerprint density at radius 2 is 2.09 bits per heavy atom. The highest BCUT2D eigenvalue weighted by Gasteiger charge is 2.20. The van der Waals surface area contributed by atoms with Crippen molar-refractivity contribution in [3.63, 3.8) is 0 Å². The summed E-state index contributed by atoms with van der Waals surface area (Å²) in [6.45, 7) is 3.25. The molecular formula is C5H10NO4S-. The van der Waals surface area contributed by atoms with Gasteiger partial charge in [-0.2, -0.15) is 0 Å². The van der Waals surface area contributed by atoms with Crippen molar-refractivity contribution in [3.05, 3.63) is 0 Å². The van der Waals surface area contributed by atoms with E-state index < -0.39 is 23.3 Å². The van der Waals surface area contributed by atoms with Gasteiger partial charge in [-0.3, -0.25) is 9.00 Å². The standard InChI is InChI=1S/C5H11NO4S/c1-3(2)4(5(7)8)6-11(9)10/h3-4,6H,1-2H3,(H,7,8)(H,9,10)/p-1/t4-/m0/s1. The summed E-state index contributed by atoms with van der Waals surface area (Å²) in [5.41, 5.74) is 0. The molecule has 0 aliphatic heterocycles. The van der Waals surface area contributed by atoms with E-state index in [1.807, 2.05) is 4.72 Å². The minimum atomic E-state index is -2.52. The van der Waals surface area contributed by atoms with Crippen LogP contribution in [0, 0.1) is 5.92 Å². The zero-order valence-corrected chi connectivity index (χ0v) is 7.05. The predicted octanol–water partition coefficient (Wildman–Crippen LogP) is -0.521. The van der Waals surface area contributed by atoms with Crippen molar-refractivity contribution in [2.45, 2.75) is 19.9 Å². The van der Waals surface area contributed by atoms with Gasteiger partial charge in [-0.25, -0.2) is 4.72 Å². The molecule has 0 aromatic rings. The van der Waals surface area contributed by atoms with Crippen LogP contribution in [0.3, 0.4) is 0 Å². The van der Waals surface area contributed by atoms with Gasteiger partial charge < -0.3 is 9.66 Å². The van der Waals surface area contributed by atoms with E-state index in [1.165, 1.54) is 0 Å². The minimum Gasteiger partial charge on any atom is -0.760 e. The first-order chi connectivity index (χ1) is 4.95. The number of carbonyl (C=O) groups is 1. The molecule has 0 radical (unpaired) electrons. The van der Waals surface area contributed by atoms with Crippen molar-refractivity contribution in [2.75, 3.05) is 0 Å². The Hall–Kier alpha value is -0.460. The molecule has 0 fully saturated rings. The molecule has 5 nitrogen and oxygen atoms in total. The Morgan fingerprint density at radius 3 is 2.18 bits per heavy atom. The highest BCUT2D eigenvalue weighted by atomic mass is 32.2. The van der Waals surface area contributed by atoms with Crippen molar-refractivity contribution in [1.82, 2.24) is 4.72 Å². The lowest BCUT2D eigenvalue weighted by molar-refractivity contribution is -0.140. The Bertz CT molecular complexity index is 170. The molecule has 6 heteroatoms. The highest BCUT2D eigenvalue weighted by Crippen LogP contribution is 2.01. The zero-order valence-electron chi connectivity index (χ0n) is 6.23. The summed E-state index contributed by atoms with van der Waals surface area (Å²) in [5, 5.41) is 8.46. The van der Waals surface area contributed by atoms with Crippen molar-refractivity contribution < 1.29 is 18.7 Å². The summed E-state index contributed by atoms with van der Waals surface area (Å²) in [7, 11) is 0. The molecular weight excluding hydrogens is 170 g/mol. The fourth-order valence-corrected chi connectivity index (χ4v) is 1.16. The molecule has 0 aromatic carbocycles. The molecule has 0 bridgehead atoms. The molecule has 2 N–H and O–H groups in total. The highest BCUT2D eigenvalue weighted by molar-refractivity contribution is 7.77. The van der Waals surface area contributed by atoms with E-state index in [0.717, 1.165) is 0 Å². The molecule has 0 spiro atoms. The van der Waals surface area contributed by atoms with Crippen molar-refractivity contribution in [1.29, 1.82) is 0 Å². The van der Waals surface area contributed by atoms with E-state index in [2.05, 4.69) is 0 Å². The van der Waals surface area contributed by atoms with Gasteiger partial charge in [-0.1, -0.05) is 13.8 Å². The maximum absolute atomic E-state index is 10.3. The average Bonchev–Trinajstić information content (AvgIpc) is 1.81. The first-order valence-corrected chi connectivity index (χ1v) is 4.11. The van der Waals surface area contributed by atoms with E-state index in [0.29, 0.717) is 0 Å². The van der Waals surface area contributed by atoms with Gasteiger partial charge in [0.1, 0.15) is 6.04 Å². The first-order valence-electron chi connectivity index (χ1n) is 3.03. The molecule has 66 valence electrons. The maximum Gasteiger partial charge on any atom is 0.321 e. The topological polar surface area (TPSA) is 89.5 Å². The molecule has 0 heterocycles. The van der Waals surface area contributed by atoms with Gasteiger partial charge in [0, 0.05) is 11.3 Å². The molecule has 1 unspecified atom stereocenters. The molecule has 0 rings (SSSR count). The van der Waals surface area contributed by atoms with Crippen LogP contribution in [-0.4, -0.2) is 25.9 Å². The van der Waals surface area contributed by atoms with Crippen LogP contribution >= 0.6 is 0 Å². The van der Waals surface area contributed by atoms with E-state index >= 15 is 0 Å². The second kappa shape index (κ2) is 4.42. The van der Waals surface area contributed by atoms with E-state index in [-0.39, 0.29) is 5.92 Å². The summed E-state index contributed by atoms with van der Waals surface area (Å²) >= 11 is -2.52. The summed E-state index contributed by atoms with van der Waals surface area (Å²) in [4.78, 5) is 10.3. The first kappa shape index (κ1) is 10.5. The van der Waals surface area contributed by atoms with Crippen LogP contribution in [-0.2, 0) is 16.1 Å². The third kappa shape index (κ3) is 4.07. The van der Waals surface area contributed by atoms with Crippen LogP contribution in [0.25, 0.3) is 0 Å². The third-order valence-electron chi connectivity index (χ3n) is 1.16. The van der Waals surface area contributed by atoms with Gasteiger partial charge in [0.25, 0.3) is 0 Å². The van der Waals surface area contributed by atoms with Crippen molar-refractivity contribution >= 4 is 17.2 Å². The summed E-state index contributed by atoms with van der Waals surface area (Å²) in [5.74, 6) is -1.42. The van der Waals surface area contributed by atoms with Crippen LogP contribution < -0.4 is 4.72 Å². The molecule has 0 aliphatic carbocycles. The van der Waals surface area contributed by atoms with Gasteiger partial charge in [0.15, 0.2) is 0 Å². The van der Waals surface area contributed by atoms with Gasteiger partial charge in [0.2, 0.25) is 0 Å². The number of carboxylic acids is 1. The fourth-order valence-electron chi connectivity index (χ4n) is 0.575. The average molecular weight is 180 g/mol. The van der Waals surface area contributed by atoms with Gasteiger partial charge in [-0.15, -0.1) is 0 Å². The predicted molar refractivity (Wildman–Crippen MR) is 38.3 cm³/mol. The molecule has 0 aliphatic rings. The summed E-state index contributed by atoms with van der Waals surface area (Å²) < 4.78 is 22.0. The van der Waals surface area contributed by atoms with Crippen LogP contribution in [0.2, 0.25) is 0 Å². The number of hydrogen-bond donors (Lipinski definition) is 2. The minimum absolute atomic E-state index is 0.259. The number of nitrogens with one attached hydrogen (secondary N) is 1. The number of carboxylic acid groups (broad SMARTS) is 1. The third-order valence-corrected chi connectivity index (χ3v) is 1.60. The van der Waals surface area contributed by atoms with Crippen LogP contribution in [0.4, 0.5) is 0 Å². The van der Waals surface area contributed by atoms with Gasteiger partial charge in [-0.05, 0) is 5.92 Å². The van der Waals surface area contributed by atoms with Gasteiger partial charge in [0.05, 0.1) is 0 Å². The number of rotatable bonds is 4. The van der Waals surface area contributed by atoms with Crippen molar-refractivity contribution in [2.24, 2.45) is 5.92 Å². The van der Waals surface area contributed by atoms with E-state index in [9.17, 15) is 13.6 Å². The lowest BCUT2D eigenvalue weighted by atomic mass is 10.1. The lowest BCUT2D eigenvalue weighted by Gasteiger charge is -2.18. The van der Waals surface area contributed by atoms with Crippen LogP contribution in [0.15, 0.2) is 0 Å². The SMILES string of the molecule is CC(C)[C@H](NS(=O)[O-])C(=O)O. The number of hydrogen-bond acceptors (Lipinski definition) is 3. The summed E-state index contributed by atoms with van der Waals surface area (Å²) in [6.07, 6.45) is 0. The summed E-state index contributed by atoms with van der Waals surface area (Å²) in [6, 6.07) is -1.03. The Labute approximate surface area is 67.2 Å². The van der Waals surface area contributed by atoms with Crippen molar-refractivity contribution in [3.8, 4) is 0 Å². The smallest absolute Gasteiger partial charge is 0.321 e. The number of aliphatic carboxylic acids is 1. The van der Waals surface area contributed by atoms with Gasteiger partial charge >= 0.3 is 5.97 Å². The lowest BCUT2D eigenvalue weighted by Crippen LogP contribution is -2.41. The largest absolute Gasteiger partial charge is 0.760 e. The quantitative estimate of drug-likeness (QED) is 0.569. The normalized spacial score (nSPS) is 16.4. The Morgan fingerprint density at radius 1 is 1.64 bits per heavy atom. The molecule has 0 amide bonds. The monoisotopic (exact) mass is 180 g/mol. The molecule has 11 heavy (non-hydrogen) atoms. The van der Waals surface area contributed by atoms with E-state index in [4.69, 9.17) is 5.11 Å². The molecule has 0 aromatic heterocycles. The Kier molecular flexibility index (Phi) is 4.24. The fraction of sp³-hybridized carbons (Fsp3) is 0.800. The Balaban J connectivity index is 4.12. The second-order valence-corrected chi connectivity index (χ2v) is 3.12. The molecule has 2 atom stereocenters. The molecule has 0 saturated heterocycles. The zero-order chi connectivity index (χ0) is 9.02. The molecule has 0 saturated carbocycles. The maximum atomic E-state index is 10.3. The van der Waals surface area contributed by atoms with Crippen LogP contribution in [0.1, 0.15) is 13.8 Å².